The molecule has 3 aromatic rings. The number of hydrogen-bond acceptors (Lipinski definition) is 8. The molecule has 42 heavy (non-hydrogen) atoms. The summed E-state index contributed by atoms with van der Waals surface area (Å²) in [5.74, 6) is 0.682. The van der Waals surface area contributed by atoms with Gasteiger partial charge in [-0.25, -0.2) is 9.59 Å². The third-order valence-corrected chi connectivity index (χ3v) is 7.63. The molecular formula is C34H34O7S. The molecule has 0 bridgehead atoms. The highest BCUT2D eigenvalue weighted by Crippen LogP contribution is 2.47. The first-order chi connectivity index (χ1) is 20.3. The number of unbranched alkanes of at least 4 members (excludes halogenated alkanes) is 1. The van der Waals surface area contributed by atoms with Gasteiger partial charge in [-0.1, -0.05) is 32.2 Å². The van der Waals surface area contributed by atoms with E-state index in [9.17, 15) is 14.4 Å². The highest BCUT2D eigenvalue weighted by Gasteiger charge is 2.26. The molecule has 3 aromatic carbocycles. The summed E-state index contributed by atoms with van der Waals surface area (Å²) in [5.41, 5.74) is 5.57. The maximum atomic E-state index is 13.0. The van der Waals surface area contributed by atoms with Gasteiger partial charge in [-0.2, -0.15) is 0 Å². The summed E-state index contributed by atoms with van der Waals surface area (Å²) in [6.45, 7) is 11.9. The molecule has 1 aliphatic carbocycles. The van der Waals surface area contributed by atoms with E-state index in [-0.39, 0.29) is 24.2 Å². The molecule has 0 spiro atoms. The number of thioether (sulfide) groups is 1. The number of esters is 2. The molecule has 8 heteroatoms. The van der Waals surface area contributed by atoms with Crippen LogP contribution in [0.1, 0.15) is 54.1 Å². The van der Waals surface area contributed by atoms with E-state index < -0.39 is 11.9 Å². The number of carbonyl (C=O) groups excluding carboxylic acids is 3. The highest BCUT2D eigenvalue weighted by molar-refractivity contribution is 8.14. The van der Waals surface area contributed by atoms with Crippen LogP contribution in [0.25, 0.3) is 11.1 Å². The van der Waals surface area contributed by atoms with Crippen molar-refractivity contribution in [2.24, 2.45) is 0 Å². The van der Waals surface area contributed by atoms with Gasteiger partial charge in [0.25, 0.3) is 0 Å². The normalized spacial score (nSPS) is 13.0. The fourth-order valence-electron chi connectivity index (χ4n) is 4.51. The third-order valence-electron chi connectivity index (χ3n) is 6.72. The van der Waals surface area contributed by atoms with Crippen molar-refractivity contribution in [3.8, 4) is 22.6 Å². The number of carbonyl (C=O) groups is 3. The van der Waals surface area contributed by atoms with Crippen LogP contribution >= 0.6 is 11.8 Å². The van der Waals surface area contributed by atoms with Crippen molar-refractivity contribution < 1.29 is 33.3 Å². The lowest BCUT2D eigenvalue weighted by Crippen LogP contribution is -2.12. The average Bonchev–Trinajstić information content (AvgIpc) is 3.27. The molecular weight excluding hydrogens is 552 g/mol. The second-order valence-corrected chi connectivity index (χ2v) is 10.9. The average molecular weight is 587 g/mol. The second kappa shape index (κ2) is 14.5. The minimum Gasteiger partial charge on any atom is -0.494 e. The smallest absolute Gasteiger partial charge is 0.333 e. The predicted octanol–water partition coefficient (Wildman–Crippen LogP) is 7.14. The summed E-state index contributed by atoms with van der Waals surface area (Å²) in [6, 6.07) is 19.2. The third kappa shape index (κ3) is 7.91. The Morgan fingerprint density at radius 1 is 0.810 bits per heavy atom. The SMILES string of the molecule is C=CC(=O)OCCCCOc1ccc(C(=O)Sc2ccc3c(c2)C(C)c2cc(OCCOC(=O)C(=C)C)ccc2-3)cc1. The van der Waals surface area contributed by atoms with Gasteiger partial charge in [0.2, 0.25) is 5.12 Å². The standard InChI is InChI=1S/C34H34O7S/c1-5-32(35)40-17-7-6-16-38-25-10-8-24(9-11-25)34(37)42-27-13-15-29-28-14-12-26(20-30(28)23(4)31(29)21-27)39-18-19-41-33(36)22(2)3/h5,8-15,20-21,23H,1-2,6-7,16-19H2,3-4H3. The van der Waals surface area contributed by atoms with Crippen molar-refractivity contribution in [1.82, 2.24) is 0 Å². The monoisotopic (exact) mass is 586 g/mol. The molecule has 4 rings (SSSR count). The predicted molar refractivity (Wildman–Crippen MR) is 163 cm³/mol. The van der Waals surface area contributed by atoms with Crippen LogP contribution in [0.15, 0.2) is 90.4 Å². The Balaban J connectivity index is 1.29. The highest BCUT2D eigenvalue weighted by atomic mass is 32.2. The maximum absolute atomic E-state index is 13.0. The Labute approximate surface area is 250 Å². The molecule has 0 saturated carbocycles. The van der Waals surface area contributed by atoms with E-state index in [1.54, 1.807) is 31.2 Å². The van der Waals surface area contributed by atoms with Gasteiger partial charge < -0.3 is 18.9 Å². The molecule has 218 valence electrons. The molecule has 0 aliphatic heterocycles. The summed E-state index contributed by atoms with van der Waals surface area (Å²) in [5, 5.41) is -0.0447. The quantitative estimate of drug-likeness (QED) is 0.0853. The Morgan fingerprint density at radius 3 is 2.17 bits per heavy atom. The number of benzene rings is 3. The lowest BCUT2D eigenvalue weighted by atomic mass is 9.99. The molecule has 0 aromatic heterocycles. The zero-order valence-electron chi connectivity index (χ0n) is 23.9. The first-order valence-electron chi connectivity index (χ1n) is 13.7. The van der Waals surface area contributed by atoms with Crippen molar-refractivity contribution in [2.45, 2.75) is 37.5 Å². The molecule has 0 heterocycles. The van der Waals surface area contributed by atoms with Gasteiger partial charge in [0, 0.05) is 28.0 Å². The van der Waals surface area contributed by atoms with E-state index in [1.807, 2.05) is 24.3 Å². The Kier molecular flexibility index (Phi) is 10.6. The topological polar surface area (TPSA) is 88.1 Å². The molecule has 0 N–H and O–H groups in total. The molecule has 0 saturated heterocycles. The Morgan fingerprint density at radius 2 is 1.45 bits per heavy atom. The van der Waals surface area contributed by atoms with Gasteiger partial charge in [0.1, 0.15) is 24.7 Å². The van der Waals surface area contributed by atoms with Gasteiger partial charge in [0.15, 0.2) is 0 Å². The first-order valence-corrected chi connectivity index (χ1v) is 14.6. The summed E-state index contributed by atoms with van der Waals surface area (Å²) in [6.07, 6.45) is 2.58. The van der Waals surface area contributed by atoms with Crippen LogP contribution in [-0.2, 0) is 19.1 Å². The molecule has 1 aliphatic rings. The lowest BCUT2D eigenvalue weighted by Gasteiger charge is -2.11. The summed E-state index contributed by atoms with van der Waals surface area (Å²) >= 11 is 1.20. The molecule has 0 amide bonds. The van der Waals surface area contributed by atoms with E-state index in [0.29, 0.717) is 42.3 Å². The zero-order chi connectivity index (χ0) is 30.1. The Bertz CT molecular complexity index is 1480. The van der Waals surface area contributed by atoms with Gasteiger partial charge >= 0.3 is 11.9 Å². The molecule has 1 atom stereocenters. The molecule has 1 unspecified atom stereocenters. The maximum Gasteiger partial charge on any atom is 0.333 e. The van der Waals surface area contributed by atoms with Gasteiger partial charge in [-0.15, -0.1) is 0 Å². The fraction of sp³-hybridized carbons (Fsp3) is 0.265. The van der Waals surface area contributed by atoms with Crippen molar-refractivity contribution in [1.29, 1.82) is 0 Å². The van der Waals surface area contributed by atoms with Crippen molar-refractivity contribution in [3.63, 3.8) is 0 Å². The van der Waals surface area contributed by atoms with E-state index >= 15 is 0 Å². The van der Waals surface area contributed by atoms with Gasteiger partial charge in [-0.3, -0.25) is 4.79 Å². The largest absolute Gasteiger partial charge is 0.494 e. The van der Waals surface area contributed by atoms with Crippen LogP contribution in [0.4, 0.5) is 0 Å². The minimum atomic E-state index is -0.427. The van der Waals surface area contributed by atoms with Crippen LogP contribution in [-0.4, -0.2) is 43.5 Å². The fourth-order valence-corrected chi connectivity index (χ4v) is 5.30. The number of fused-ring (bicyclic) bond motifs is 3. The van der Waals surface area contributed by atoms with Gasteiger partial charge in [0.05, 0.1) is 13.2 Å². The van der Waals surface area contributed by atoms with E-state index in [1.165, 1.54) is 17.3 Å². The van der Waals surface area contributed by atoms with Crippen molar-refractivity contribution in [3.05, 3.63) is 102 Å². The second-order valence-electron chi connectivity index (χ2n) is 9.83. The van der Waals surface area contributed by atoms with Crippen molar-refractivity contribution >= 4 is 28.8 Å². The number of rotatable bonds is 14. The van der Waals surface area contributed by atoms with Crippen molar-refractivity contribution in [2.75, 3.05) is 26.4 Å². The van der Waals surface area contributed by atoms with E-state index in [0.717, 1.165) is 34.1 Å². The molecule has 0 fully saturated rings. The van der Waals surface area contributed by atoms with Crippen LogP contribution in [0.5, 0.6) is 11.5 Å². The molecule has 7 nitrogen and oxygen atoms in total. The number of ether oxygens (including phenoxy) is 4. The van der Waals surface area contributed by atoms with Crippen LogP contribution < -0.4 is 9.47 Å². The summed E-state index contributed by atoms with van der Waals surface area (Å²) in [4.78, 5) is 36.5. The minimum absolute atomic E-state index is 0.0447. The summed E-state index contributed by atoms with van der Waals surface area (Å²) < 4.78 is 21.6. The van der Waals surface area contributed by atoms with Gasteiger partial charge in [-0.05, 0) is 102 Å². The van der Waals surface area contributed by atoms with Crippen LogP contribution in [0, 0.1) is 0 Å². The lowest BCUT2D eigenvalue weighted by molar-refractivity contribution is -0.140. The zero-order valence-corrected chi connectivity index (χ0v) is 24.7. The van der Waals surface area contributed by atoms with E-state index in [4.69, 9.17) is 18.9 Å². The Hall–Kier alpha value is -4.30. The van der Waals surface area contributed by atoms with Crippen LogP contribution in [0.3, 0.4) is 0 Å². The van der Waals surface area contributed by atoms with Crippen LogP contribution in [0.2, 0.25) is 0 Å². The first kappa shape index (κ1) is 30.7. The van der Waals surface area contributed by atoms with E-state index in [2.05, 4.69) is 32.2 Å². The number of hydrogen-bond donors (Lipinski definition) is 0. The molecule has 0 radical (unpaired) electrons. The summed E-state index contributed by atoms with van der Waals surface area (Å²) in [7, 11) is 0.